The van der Waals surface area contributed by atoms with Crippen molar-refractivity contribution in [1.82, 2.24) is 0 Å². The SMILES string of the molecule is CC(=O)Oc1ccc(C2OC[C@H]3O[C@@H](Sc4ccc(C)cc4)[C@H](O)[C@@H](O)[C@H]3O2)cc1. The molecule has 160 valence electrons. The molecule has 2 saturated heterocycles. The average molecular weight is 432 g/mol. The Hall–Kier alpha value is -1.94. The molecule has 0 radical (unpaired) electrons. The molecule has 7 nitrogen and oxygen atoms in total. The topological polar surface area (TPSA) is 94.5 Å². The summed E-state index contributed by atoms with van der Waals surface area (Å²) in [4.78, 5) is 12.0. The van der Waals surface area contributed by atoms with E-state index >= 15 is 0 Å². The zero-order chi connectivity index (χ0) is 21.3. The number of aliphatic hydroxyl groups excluding tert-OH is 2. The van der Waals surface area contributed by atoms with E-state index < -0.39 is 42.1 Å². The largest absolute Gasteiger partial charge is 0.427 e. The molecule has 2 aliphatic rings. The summed E-state index contributed by atoms with van der Waals surface area (Å²) < 4.78 is 22.7. The van der Waals surface area contributed by atoms with Gasteiger partial charge >= 0.3 is 5.97 Å². The van der Waals surface area contributed by atoms with Gasteiger partial charge in [-0.25, -0.2) is 0 Å². The van der Waals surface area contributed by atoms with E-state index in [-0.39, 0.29) is 6.61 Å². The molecule has 6 atom stereocenters. The van der Waals surface area contributed by atoms with Crippen LogP contribution in [0.4, 0.5) is 0 Å². The monoisotopic (exact) mass is 432 g/mol. The molecule has 2 heterocycles. The van der Waals surface area contributed by atoms with Crippen LogP contribution in [-0.4, -0.2) is 52.6 Å². The number of rotatable bonds is 4. The minimum atomic E-state index is -1.11. The number of aliphatic hydroxyl groups is 2. The summed E-state index contributed by atoms with van der Waals surface area (Å²) in [6.45, 7) is 3.56. The maximum absolute atomic E-state index is 11.0. The highest BCUT2D eigenvalue weighted by molar-refractivity contribution is 7.99. The van der Waals surface area contributed by atoms with Gasteiger partial charge in [0.15, 0.2) is 6.29 Å². The predicted molar refractivity (Wildman–Crippen MR) is 109 cm³/mol. The van der Waals surface area contributed by atoms with E-state index in [1.807, 2.05) is 31.2 Å². The molecule has 2 N–H and O–H groups in total. The van der Waals surface area contributed by atoms with Gasteiger partial charge in [0.05, 0.1) is 6.61 Å². The zero-order valence-corrected chi connectivity index (χ0v) is 17.5. The van der Waals surface area contributed by atoms with Crippen molar-refractivity contribution in [2.45, 2.75) is 54.9 Å². The van der Waals surface area contributed by atoms with Gasteiger partial charge in [-0.15, -0.1) is 0 Å². The van der Waals surface area contributed by atoms with Crippen LogP contribution in [0.2, 0.25) is 0 Å². The summed E-state index contributed by atoms with van der Waals surface area (Å²) in [7, 11) is 0. The number of benzene rings is 2. The quantitative estimate of drug-likeness (QED) is 0.562. The smallest absolute Gasteiger partial charge is 0.308 e. The Morgan fingerprint density at radius 1 is 1.03 bits per heavy atom. The molecule has 0 aromatic heterocycles. The molecular formula is C22H24O7S. The van der Waals surface area contributed by atoms with Crippen molar-refractivity contribution in [2.75, 3.05) is 6.61 Å². The number of hydrogen-bond donors (Lipinski definition) is 2. The summed E-state index contributed by atoms with van der Waals surface area (Å²) >= 11 is 1.36. The Kier molecular flexibility index (Phi) is 6.43. The van der Waals surface area contributed by atoms with Crippen LogP contribution in [0.5, 0.6) is 5.75 Å². The Labute approximate surface area is 178 Å². The third kappa shape index (κ3) is 4.69. The van der Waals surface area contributed by atoms with E-state index in [2.05, 4.69) is 0 Å². The lowest BCUT2D eigenvalue weighted by Gasteiger charge is -2.46. The van der Waals surface area contributed by atoms with Crippen LogP contribution in [0, 0.1) is 6.92 Å². The van der Waals surface area contributed by atoms with Gasteiger partial charge in [0.25, 0.3) is 0 Å². The summed E-state index contributed by atoms with van der Waals surface area (Å²) in [5.41, 5.74) is 1.23. The van der Waals surface area contributed by atoms with Crippen molar-refractivity contribution >= 4 is 17.7 Å². The molecule has 0 spiro atoms. The second-order valence-corrected chi connectivity index (χ2v) is 8.56. The zero-order valence-electron chi connectivity index (χ0n) is 16.6. The fourth-order valence-corrected chi connectivity index (χ4v) is 4.51. The normalized spacial score (nSPS) is 31.1. The van der Waals surface area contributed by atoms with E-state index in [9.17, 15) is 15.0 Å². The molecule has 30 heavy (non-hydrogen) atoms. The average Bonchev–Trinajstić information content (AvgIpc) is 2.73. The van der Waals surface area contributed by atoms with Crippen molar-refractivity contribution in [1.29, 1.82) is 0 Å². The number of ether oxygens (including phenoxy) is 4. The van der Waals surface area contributed by atoms with E-state index in [4.69, 9.17) is 18.9 Å². The minimum Gasteiger partial charge on any atom is -0.427 e. The van der Waals surface area contributed by atoms with Crippen LogP contribution in [0.1, 0.15) is 24.3 Å². The van der Waals surface area contributed by atoms with Crippen LogP contribution in [0.25, 0.3) is 0 Å². The van der Waals surface area contributed by atoms with Gasteiger partial charge in [-0.05, 0) is 31.2 Å². The third-order valence-electron chi connectivity index (χ3n) is 5.02. The molecule has 2 aromatic rings. The molecular weight excluding hydrogens is 408 g/mol. The van der Waals surface area contributed by atoms with Gasteiger partial charge in [-0.1, -0.05) is 41.6 Å². The second-order valence-electron chi connectivity index (χ2n) is 7.38. The first-order valence-electron chi connectivity index (χ1n) is 9.71. The van der Waals surface area contributed by atoms with Gasteiger partial charge in [0, 0.05) is 17.4 Å². The third-order valence-corrected chi connectivity index (χ3v) is 6.19. The number of aryl methyl sites for hydroxylation is 1. The fourth-order valence-electron chi connectivity index (χ4n) is 3.45. The number of hydrogen-bond acceptors (Lipinski definition) is 8. The lowest BCUT2D eigenvalue weighted by molar-refractivity contribution is -0.318. The van der Waals surface area contributed by atoms with E-state index in [1.165, 1.54) is 18.7 Å². The molecule has 2 aromatic carbocycles. The van der Waals surface area contributed by atoms with Crippen LogP contribution >= 0.6 is 11.8 Å². The Bertz CT molecular complexity index is 868. The number of thioether (sulfide) groups is 1. The number of carbonyl (C=O) groups excluding carboxylic acids is 1. The van der Waals surface area contributed by atoms with Crippen molar-refractivity contribution in [3.63, 3.8) is 0 Å². The van der Waals surface area contributed by atoms with Crippen molar-refractivity contribution < 1.29 is 34.0 Å². The fraction of sp³-hybridized carbons (Fsp3) is 0.409. The Morgan fingerprint density at radius 3 is 2.40 bits per heavy atom. The van der Waals surface area contributed by atoms with E-state index in [0.29, 0.717) is 11.3 Å². The van der Waals surface area contributed by atoms with Crippen molar-refractivity contribution in [3.8, 4) is 5.75 Å². The highest BCUT2D eigenvalue weighted by Crippen LogP contribution is 2.39. The van der Waals surface area contributed by atoms with Crippen molar-refractivity contribution in [2.24, 2.45) is 0 Å². The van der Waals surface area contributed by atoms with Gasteiger partial charge in [0.2, 0.25) is 0 Å². The van der Waals surface area contributed by atoms with Gasteiger partial charge < -0.3 is 29.2 Å². The molecule has 0 aliphatic carbocycles. The lowest BCUT2D eigenvalue weighted by Crippen LogP contribution is -2.60. The van der Waals surface area contributed by atoms with E-state index in [0.717, 1.165) is 10.5 Å². The molecule has 2 fully saturated rings. The predicted octanol–water partition coefficient (Wildman–Crippen LogP) is 2.57. The standard InChI is InChI=1S/C22H24O7S/c1-12-3-9-16(10-4-12)30-22-19(25)18(24)20-17(28-22)11-26-21(29-20)14-5-7-15(8-6-14)27-13(2)23/h3-10,17-22,24-25H,11H2,1-2H3/t17-,18-,19-,20+,21?,22+/m1/s1. The first-order valence-corrected chi connectivity index (χ1v) is 10.6. The second kappa shape index (κ2) is 9.05. The van der Waals surface area contributed by atoms with E-state index in [1.54, 1.807) is 24.3 Å². The summed E-state index contributed by atoms with van der Waals surface area (Å²) in [5, 5.41) is 21.3. The van der Waals surface area contributed by atoms with Gasteiger partial charge in [0.1, 0.15) is 35.6 Å². The first kappa shape index (κ1) is 21.3. The highest BCUT2D eigenvalue weighted by atomic mass is 32.2. The van der Waals surface area contributed by atoms with Crippen molar-refractivity contribution in [3.05, 3.63) is 59.7 Å². The molecule has 2 aliphatic heterocycles. The maximum Gasteiger partial charge on any atom is 0.308 e. The van der Waals surface area contributed by atoms with Gasteiger partial charge in [-0.3, -0.25) is 4.79 Å². The van der Waals surface area contributed by atoms with Crippen LogP contribution in [-0.2, 0) is 19.0 Å². The summed E-state index contributed by atoms with van der Waals surface area (Å²) in [6.07, 6.45) is -4.16. The molecule has 0 bridgehead atoms. The Morgan fingerprint density at radius 2 is 1.73 bits per heavy atom. The van der Waals surface area contributed by atoms with Crippen LogP contribution in [0.3, 0.4) is 0 Å². The lowest BCUT2D eigenvalue weighted by atomic mass is 9.99. The Balaban J connectivity index is 1.41. The molecule has 0 saturated carbocycles. The minimum absolute atomic E-state index is 0.218. The molecule has 1 unspecified atom stereocenters. The number of esters is 1. The maximum atomic E-state index is 11.0. The first-order chi connectivity index (χ1) is 14.4. The van der Waals surface area contributed by atoms with Crippen LogP contribution < -0.4 is 4.74 Å². The van der Waals surface area contributed by atoms with Crippen LogP contribution in [0.15, 0.2) is 53.4 Å². The highest BCUT2D eigenvalue weighted by Gasteiger charge is 2.49. The molecule has 0 amide bonds. The number of carbonyl (C=O) groups is 1. The number of fused-ring (bicyclic) bond motifs is 1. The molecule has 8 heteroatoms. The van der Waals surface area contributed by atoms with Gasteiger partial charge in [-0.2, -0.15) is 0 Å². The summed E-state index contributed by atoms with van der Waals surface area (Å²) in [5.74, 6) is 0.0256. The summed E-state index contributed by atoms with van der Waals surface area (Å²) in [6, 6.07) is 14.6. The molecule has 4 rings (SSSR count).